The van der Waals surface area contributed by atoms with Gasteiger partial charge in [-0.3, -0.25) is 0 Å². The summed E-state index contributed by atoms with van der Waals surface area (Å²) < 4.78 is 1.81. The maximum Gasteiger partial charge on any atom is 0.0831 e. The van der Waals surface area contributed by atoms with Crippen molar-refractivity contribution in [2.45, 2.75) is 19.8 Å². The molecular weight excluding hydrogens is 334 g/mol. The van der Waals surface area contributed by atoms with Crippen LogP contribution < -0.4 is 4.90 Å². The second-order valence-electron chi connectivity index (χ2n) is 6.87. The van der Waals surface area contributed by atoms with Crippen LogP contribution in [0.4, 0.5) is 5.69 Å². The molecule has 0 unspecified atom stereocenters. The average Bonchev–Trinajstić information content (AvgIpc) is 3.19. The lowest BCUT2D eigenvalue weighted by molar-refractivity contribution is 0.313. The van der Waals surface area contributed by atoms with Crippen LogP contribution in [0.1, 0.15) is 19.0 Å². The molecule has 0 spiro atoms. The van der Waals surface area contributed by atoms with Gasteiger partial charge in [0, 0.05) is 31.9 Å². The quantitative estimate of drug-likeness (QED) is 0.709. The maximum absolute atomic E-state index is 4.10. The third-order valence-electron chi connectivity index (χ3n) is 4.69. The van der Waals surface area contributed by atoms with E-state index in [4.69, 9.17) is 0 Å². The fourth-order valence-corrected chi connectivity index (χ4v) is 3.08. The first-order valence-electron chi connectivity index (χ1n) is 9.71. The largest absolute Gasteiger partial charge is 0.369 e. The minimum atomic E-state index is 0.993. The molecule has 1 saturated heterocycles. The molecule has 0 amide bonds. The standard InChI is InChI=1S/C11H13N3.C11H16N2/c1-2-6-10-9-14(13-12-10)11-7-4-3-5-8-11;1-12-7-9-13(10-8-12)11-5-3-2-4-6-11/h3-5,7-9H,2,6H2,1H3;2-6H,7-10H2,1H3. The molecule has 1 aliphatic heterocycles. The summed E-state index contributed by atoms with van der Waals surface area (Å²) in [6.45, 7) is 6.80. The van der Waals surface area contributed by atoms with Crippen molar-refractivity contribution >= 4 is 5.69 Å². The van der Waals surface area contributed by atoms with Gasteiger partial charge in [-0.25, -0.2) is 4.68 Å². The Hall–Kier alpha value is -2.66. The van der Waals surface area contributed by atoms with Crippen molar-refractivity contribution in [2.75, 3.05) is 38.1 Å². The highest BCUT2D eigenvalue weighted by Gasteiger charge is 2.13. The lowest BCUT2D eigenvalue weighted by Gasteiger charge is -2.33. The zero-order valence-corrected chi connectivity index (χ0v) is 16.3. The molecule has 0 radical (unpaired) electrons. The van der Waals surface area contributed by atoms with Gasteiger partial charge in [-0.05, 0) is 37.7 Å². The van der Waals surface area contributed by atoms with Crippen LogP contribution >= 0.6 is 0 Å². The van der Waals surface area contributed by atoms with Gasteiger partial charge in [0.15, 0.2) is 0 Å². The highest BCUT2D eigenvalue weighted by molar-refractivity contribution is 5.46. The Bertz CT molecular complexity index is 777. The molecule has 2 heterocycles. The maximum atomic E-state index is 4.10. The highest BCUT2D eigenvalue weighted by Crippen LogP contribution is 2.14. The minimum Gasteiger partial charge on any atom is -0.369 e. The van der Waals surface area contributed by atoms with Crippen molar-refractivity contribution in [1.82, 2.24) is 19.9 Å². The van der Waals surface area contributed by atoms with Crippen molar-refractivity contribution in [2.24, 2.45) is 0 Å². The summed E-state index contributed by atoms with van der Waals surface area (Å²) in [7, 11) is 2.18. The predicted octanol–water partition coefficient (Wildman–Crippen LogP) is 3.66. The number of rotatable bonds is 4. The Kier molecular flexibility index (Phi) is 6.99. The second kappa shape index (κ2) is 9.88. The van der Waals surface area contributed by atoms with Crippen molar-refractivity contribution in [3.05, 3.63) is 72.6 Å². The number of aryl methyl sites for hydroxylation is 1. The summed E-state index contributed by atoms with van der Waals surface area (Å²) >= 11 is 0. The van der Waals surface area contributed by atoms with Gasteiger partial charge in [0.1, 0.15) is 0 Å². The zero-order chi connectivity index (χ0) is 18.9. The Labute approximate surface area is 162 Å². The van der Waals surface area contributed by atoms with Crippen LogP contribution in [0.2, 0.25) is 0 Å². The fraction of sp³-hybridized carbons (Fsp3) is 0.364. The molecule has 142 valence electrons. The number of para-hydroxylation sites is 2. The number of anilines is 1. The first-order valence-corrected chi connectivity index (χ1v) is 9.71. The molecule has 5 nitrogen and oxygen atoms in total. The van der Waals surface area contributed by atoms with Crippen molar-refractivity contribution in [3.63, 3.8) is 0 Å². The molecule has 1 aliphatic rings. The number of hydrogen-bond acceptors (Lipinski definition) is 4. The molecule has 0 aliphatic carbocycles. The third kappa shape index (κ3) is 5.66. The van der Waals surface area contributed by atoms with E-state index in [9.17, 15) is 0 Å². The van der Waals surface area contributed by atoms with E-state index in [1.54, 1.807) is 0 Å². The first kappa shape index (κ1) is 19.1. The summed E-state index contributed by atoms with van der Waals surface area (Å²) in [5.74, 6) is 0. The molecule has 3 aromatic rings. The Balaban J connectivity index is 0.000000156. The van der Waals surface area contributed by atoms with Gasteiger partial charge in [0.05, 0.1) is 17.6 Å². The van der Waals surface area contributed by atoms with Gasteiger partial charge in [-0.2, -0.15) is 0 Å². The van der Waals surface area contributed by atoms with E-state index < -0.39 is 0 Å². The highest BCUT2D eigenvalue weighted by atomic mass is 15.4. The van der Waals surface area contributed by atoms with E-state index in [0.29, 0.717) is 0 Å². The van der Waals surface area contributed by atoms with Crippen LogP contribution in [0.25, 0.3) is 5.69 Å². The van der Waals surface area contributed by atoms with E-state index in [-0.39, 0.29) is 0 Å². The van der Waals surface area contributed by atoms with E-state index >= 15 is 0 Å². The molecule has 0 atom stereocenters. The van der Waals surface area contributed by atoms with Gasteiger partial charge in [0.2, 0.25) is 0 Å². The number of aromatic nitrogens is 3. The molecule has 0 bridgehead atoms. The summed E-state index contributed by atoms with van der Waals surface area (Å²) in [6.07, 6.45) is 4.08. The van der Waals surface area contributed by atoms with E-state index in [0.717, 1.165) is 37.3 Å². The molecule has 1 aromatic heterocycles. The topological polar surface area (TPSA) is 37.2 Å². The normalized spacial score (nSPS) is 14.5. The number of benzene rings is 2. The lowest BCUT2D eigenvalue weighted by Crippen LogP contribution is -2.44. The van der Waals surface area contributed by atoms with E-state index in [1.165, 1.54) is 18.8 Å². The minimum absolute atomic E-state index is 0.993. The molecule has 0 saturated carbocycles. The Morgan fingerprint density at radius 2 is 1.41 bits per heavy atom. The number of piperazine rings is 1. The van der Waals surface area contributed by atoms with Gasteiger partial charge in [-0.1, -0.05) is 55.0 Å². The smallest absolute Gasteiger partial charge is 0.0831 e. The molecule has 4 rings (SSSR count). The van der Waals surface area contributed by atoms with Gasteiger partial charge < -0.3 is 9.80 Å². The number of likely N-dealkylation sites (N-methyl/N-ethyl adjacent to an activating group) is 1. The first-order chi connectivity index (χ1) is 13.3. The van der Waals surface area contributed by atoms with E-state index in [2.05, 4.69) is 64.4 Å². The predicted molar refractivity (Wildman–Crippen MR) is 112 cm³/mol. The van der Waals surface area contributed by atoms with Crippen LogP contribution in [-0.2, 0) is 6.42 Å². The van der Waals surface area contributed by atoms with Crippen molar-refractivity contribution in [1.29, 1.82) is 0 Å². The summed E-state index contributed by atoms with van der Waals surface area (Å²) in [6, 6.07) is 20.7. The summed E-state index contributed by atoms with van der Waals surface area (Å²) in [4.78, 5) is 4.82. The molecule has 27 heavy (non-hydrogen) atoms. The lowest BCUT2D eigenvalue weighted by atomic mass is 10.2. The van der Waals surface area contributed by atoms with Crippen molar-refractivity contribution in [3.8, 4) is 5.69 Å². The Morgan fingerprint density at radius 3 is 2.00 bits per heavy atom. The molecular formula is C22H29N5. The zero-order valence-electron chi connectivity index (χ0n) is 16.3. The SMILES string of the molecule is CCCc1cn(-c2ccccc2)nn1.CN1CCN(c2ccccc2)CC1. The van der Waals surface area contributed by atoms with Gasteiger partial charge >= 0.3 is 0 Å². The Morgan fingerprint density at radius 1 is 0.815 bits per heavy atom. The van der Waals surface area contributed by atoms with Crippen LogP contribution in [0, 0.1) is 0 Å². The fourth-order valence-electron chi connectivity index (χ4n) is 3.08. The van der Waals surface area contributed by atoms with Crippen LogP contribution in [-0.4, -0.2) is 53.1 Å². The summed E-state index contributed by atoms with van der Waals surface area (Å²) in [5.41, 5.74) is 3.47. The van der Waals surface area contributed by atoms with Crippen LogP contribution in [0.15, 0.2) is 66.9 Å². The van der Waals surface area contributed by atoms with Gasteiger partial charge in [-0.15, -0.1) is 5.10 Å². The number of hydrogen-bond donors (Lipinski definition) is 0. The second-order valence-corrected chi connectivity index (χ2v) is 6.87. The molecule has 2 aromatic carbocycles. The van der Waals surface area contributed by atoms with Crippen molar-refractivity contribution < 1.29 is 0 Å². The van der Waals surface area contributed by atoms with Crippen LogP contribution in [0.3, 0.4) is 0 Å². The van der Waals surface area contributed by atoms with Crippen LogP contribution in [0.5, 0.6) is 0 Å². The average molecular weight is 364 g/mol. The third-order valence-corrected chi connectivity index (χ3v) is 4.69. The molecule has 5 heteroatoms. The number of nitrogens with zero attached hydrogens (tertiary/aromatic N) is 5. The molecule has 1 fully saturated rings. The molecule has 0 N–H and O–H groups in total. The monoisotopic (exact) mass is 363 g/mol. The van der Waals surface area contributed by atoms with Gasteiger partial charge in [0.25, 0.3) is 0 Å². The summed E-state index contributed by atoms with van der Waals surface area (Å²) in [5, 5.41) is 8.17. The van der Waals surface area contributed by atoms with E-state index in [1.807, 2.05) is 41.2 Å².